The lowest BCUT2D eigenvalue weighted by Gasteiger charge is -2.30. The lowest BCUT2D eigenvalue weighted by molar-refractivity contribution is -0.122. The van der Waals surface area contributed by atoms with Gasteiger partial charge < -0.3 is 4.90 Å². The predicted octanol–water partition coefficient (Wildman–Crippen LogP) is 5.21. The number of carbonyl (C=O) groups excluding carboxylic acids is 1. The van der Waals surface area contributed by atoms with E-state index in [1.807, 2.05) is 25.1 Å². The molecule has 29 heavy (non-hydrogen) atoms. The van der Waals surface area contributed by atoms with Crippen molar-refractivity contribution in [2.24, 2.45) is 4.99 Å². The Morgan fingerprint density at radius 2 is 1.72 bits per heavy atom. The van der Waals surface area contributed by atoms with Crippen molar-refractivity contribution in [3.63, 3.8) is 0 Å². The Morgan fingerprint density at radius 1 is 0.966 bits per heavy atom. The van der Waals surface area contributed by atoms with Crippen LogP contribution in [0.5, 0.6) is 0 Å². The summed E-state index contributed by atoms with van der Waals surface area (Å²) < 4.78 is 0. The average Bonchev–Trinajstić information content (AvgIpc) is 3.07. The molecular formula is C24H25N3OS. The van der Waals surface area contributed by atoms with Crippen LogP contribution in [0.4, 0.5) is 5.69 Å². The third-order valence-electron chi connectivity index (χ3n) is 5.15. The number of hydrogen-bond acceptors (Lipinski definition) is 4. The van der Waals surface area contributed by atoms with E-state index >= 15 is 0 Å². The minimum absolute atomic E-state index is 0.0398. The summed E-state index contributed by atoms with van der Waals surface area (Å²) >= 11 is 1.49. The molecular weight excluding hydrogens is 378 g/mol. The van der Waals surface area contributed by atoms with Crippen LogP contribution in [-0.2, 0) is 11.3 Å². The number of fused-ring (bicyclic) bond motifs is 1. The summed E-state index contributed by atoms with van der Waals surface area (Å²) in [6.45, 7) is 8.21. The zero-order chi connectivity index (χ0) is 20.4. The van der Waals surface area contributed by atoms with Crippen molar-refractivity contribution < 1.29 is 4.79 Å². The molecule has 4 rings (SSSR count). The van der Waals surface area contributed by atoms with Crippen LogP contribution in [0.2, 0.25) is 0 Å². The quantitative estimate of drug-likeness (QED) is 0.658. The Kier molecular flexibility index (Phi) is 5.58. The molecule has 1 saturated heterocycles. The van der Waals surface area contributed by atoms with Gasteiger partial charge in [0.1, 0.15) is 4.91 Å². The number of benzene rings is 2. The molecule has 0 spiro atoms. The molecule has 0 radical (unpaired) electrons. The first-order valence-electron chi connectivity index (χ1n) is 10.0. The number of carbonyl (C=O) groups is 1. The summed E-state index contributed by atoms with van der Waals surface area (Å²) in [6.07, 6.45) is 4.18. The van der Waals surface area contributed by atoms with Gasteiger partial charge in [-0.25, -0.2) is 0 Å². The highest BCUT2D eigenvalue weighted by atomic mass is 32.2. The van der Waals surface area contributed by atoms with Gasteiger partial charge in [-0.15, -0.1) is 0 Å². The Hall–Kier alpha value is -2.79. The maximum Gasteiger partial charge on any atom is 0.268 e. The van der Waals surface area contributed by atoms with Crippen molar-refractivity contribution in [1.82, 2.24) is 4.90 Å². The molecule has 2 aromatic rings. The largest absolute Gasteiger partial charge is 0.340 e. The van der Waals surface area contributed by atoms with Crippen LogP contribution in [-0.4, -0.2) is 29.1 Å². The number of thioether (sulfide) groups is 1. The summed E-state index contributed by atoms with van der Waals surface area (Å²) in [5, 5.41) is 0.781. The van der Waals surface area contributed by atoms with Gasteiger partial charge in [-0.1, -0.05) is 48.0 Å². The fourth-order valence-corrected chi connectivity index (χ4v) is 4.79. The maximum absolute atomic E-state index is 13.2. The van der Waals surface area contributed by atoms with Crippen molar-refractivity contribution in [2.75, 3.05) is 18.0 Å². The number of nitrogens with zero attached hydrogens (tertiary/aromatic N) is 3. The molecule has 2 aliphatic rings. The fourth-order valence-electron chi connectivity index (χ4n) is 3.68. The first-order valence-corrected chi connectivity index (χ1v) is 10.8. The second-order valence-corrected chi connectivity index (χ2v) is 8.07. The van der Waals surface area contributed by atoms with Crippen LogP contribution in [0.1, 0.15) is 30.5 Å². The number of likely N-dealkylation sites (N-methyl/N-ethyl adjacent to an activating group) is 2. The average molecular weight is 404 g/mol. The Labute approximate surface area is 176 Å². The number of rotatable bonds is 4. The molecule has 2 aromatic carbocycles. The molecule has 2 heterocycles. The highest BCUT2D eigenvalue weighted by molar-refractivity contribution is 8.18. The first-order chi connectivity index (χ1) is 14.1. The van der Waals surface area contributed by atoms with E-state index in [1.165, 1.54) is 22.9 Å². The normalized spacial score (nSPS) is 20.0. The third-order valence-corrected chi connectivity index (χ3v) is 6.27. The van der Waals surface area contributed by atoms with E-state index < -0.39 is 0 Å². The van der Waals surface area contributed by atoms with Gasteiger partial charge >= 0.3 is 0 Å². The van der Waals surface area contributed by atoms with Gasteiger partial charge in [0.2, 0.25) is 0 Å². The van der Waals surface area contributed by atoms with Crippen LogP contribution < -0.4 is 4.90 Å². The molecule has 148 valence electrons. The standard InChI is InChI=1S/C24H25N3OS/c1-4-26-20-13-11-17(3)15-19(20)12-14-21(26)22-23(28)27(5-2)24(29-22)25-16-18-9-7-6-8-10-18/h6-15H,4-5,16H2,1-3H3. The van der Waals surface area contributed by atoms with E-state index in [-0.39, 0.29) is 5.91 Å². The van der Waals surface area contributed by atoms with Crippen LogP contribution in [0.3, 0.4) is 0 Å². The first kappa shape index (κ1) is 19.5. The van der Waals surface area contributed by atoms with E-state index in [9.17, 15) is 4.79 Å². The zero-order valence-electron chi connectivity index (χ0n) is 17.1. The summed E-state index contributed by atoms with van der Waals surface area (Å²) in [5.74, 6) is 0.0398. The van der Waals surface area contributed by atoms with E-state index in [4.69, 9.17) is 4.99 Å². The number of aryl methyl sites for hydroxylation is 1. The van der Waals surface area contributed by atoms with Gasteiger partial charge in [0.05, 0.1) is 12.2 Å². The number of amides is 1. The van der Waals surface area contributed by atoms with E-state index in [0.29, 0.717) is 13.1 Å². The molecule has 0 unspecified atom stereocenters. The molecule has 0 bridgehead atoms. The summed E-state index contributed by atoms with van der Waals surface area (Å²) in [5.41, 5.74) is 5.68. The third kappa shape index (κ3) is 3.75. The van der Waals surface area contributed by atoms with E-state index in [2.05, 4.69) is 61.2 Å². The van der Waals surface area contributed by atoms with Crippen LogP contribution >= 0.6 is 11.8 Å². The summed E-state index contributed by atoms with van der Waals surface area (Å²) in [6, 6.07) is 16.6. The minimum Gasteiger partial charge on any atom is -0.340 e. The highest BCUT2D eigenvalue weighted by Crippen LogP contribution is 2.39. The van der Waals surface area contributed by atoms with Gasteiger partial charge in [0, 0.05) is 18.8 Å². The van der Waals surface area contributed by atoms with Crippen molar-refractivity contribution in [2.45, 2.75) is 27.3 Å². The van der Waals surface area contributed by atoms with Crippen LogP contribution in [0.25, 0.3) is 6.08 Å². The fraction of sp³-hybridized carbons (Fsp3) is 0.250. The molecule has 5 heteroatoms. The highest BCUT2D eigenvalue weighted by Gasteiger charge is 2.36. The minimum atomic E-state index is 0.0398. The van der Waals surface area contributed by atoms with Crippen molar-refractivity contribution >= 4 is 34.6 Å². The van der Waals surface area contributed by atoms with E-state index in [1.54, 1.807) is 4.90 Å². The zero-order valence-corrected chi connectivity index (χ0v) is 17.9. The molecule has 0 atom stereocenters. The van der Waals surface area contributed by atoms with Gasteiger partial charge in [0.25, 0.3) is 5.91 Å². The van der Waals surface area contributed by atoms with Gasteiger partial charge in [-0.2, -0.15) is 0 Å². The summed E-state index contributed by atoms with van der Waals surface area (Å²) in [7, 11) is 0. The Balaban J connectivity index is 1.70. The lowest BCUT2D eigenvalue weighted by Crippen LogP contribution is -2.31. The monoisotopic (exact) mass is 403 g/mol. The topological polar surface area (TPSA) is 35.9 Å². The number of hydrogen-bond donors (Lipinski definition) is 0. The molecule has 0 aromatic heterocycles. The molecule has 0 N–H and O–H groups in total. The van der Waals surface area contributed by atoms with Crippen molar-refractivity contribution in [3.8, 4) is 0 Å². The van der Waals surface area contributed by atoms with Gasteiger partial charge in [0.15, 0.2) is 5.17 Å². The molecule has 2 aliphatic heterocycles. The second kappa shape index (κ2) is 8.29. The Bertz CT molecular complexity index is 1020. The number of anilines is 1. The smallest absolute Gasteiger partial charge is 0.268 e. The van der Waals surface area contributed by atoms with Crippen LogP contribution in [0, 0.1) is 6.92 Å². The lowest BCUT2D eigenvalue weighted by atomic mass is 10.0. The van der Waals surface area contributed by atoms with Crippen LogP contribution in [0.15, 0.2) is 70.2 Å². The number of aliphatic imine (C=N–C) groups is 1. The number of amidine groups is 1. The molecule has 0 saturated carbocycles. The molecule has 1 fully saturated rings. The van der Waals surface area contributed by atoms with Crippen molar-refractivity contribution in [3.05, 3.63) is 81.9 Å². The SMILES string of the molecule is CCN1C(=O)C(=C2C=Cc3cc(C)ccc3N2CC)SC1=NCc1ccccc1. The molecule has 1 amide bonds. The van der Waals surface area contributed by atoms with Crippen molar-refractivity contribution in [1.29, 1.82) is 0 Å². The molecule has 4 nitrogen and oxygen atoms in total. The van der Waals surface area contributed by atoms with Gasteiger partial charge in [-0.05, 0) is 61.9 Å². The molecule has 0 aliphatic carbocycles. The van der Waals surface area contributed by atoms with E-state index in [0.717, 1.165) is 33.6 Å². The summed E-state index contributed by atoms with van der Waals surface area (Å²) in [4.78, 5) is 22.7. The maximum atomic E-state index is 13.2. The number of allylic oxidation sites excluding steroid dienone is 1. The second-order valence-electron chi connectivity index (χ2n) is 7.09. The predicted molar refractivity (Wildman–Crippen MR) is 123 cm³/mol. The van der Waals surface area contributed by atoms with Gasteiger partial charge in [-0.3, -0.25) is 14.7 Å². The Morgan fingerprint density at radius 3 is 2.45 bits per heavy atom.